The van der Waals surface area contributed by atoms with Gasteiger partial charge in [-0.3, -0.25) is 9.78 Å². The molecule has 0 radical (unpaired) electrons. The molecule has 3 aromatic rings. The molecule has 0 saturated heterocycles. The summed E-state index contributed by atoms with van der Waals surface area (Å²) in [5, 5.41) is 6.06. The highest BCUT2D eigenvalue weighted by Gasteiger charge is 2.07. The van der Waals surface area contributed by atoms with Gasteiger partial charge in [0.2, 0.25) is 0 Å². The van der Waals surface area contributed by atoms with E-state index in [0.717, 1.165) is 17.0 Å². The number of amides is 1. The van der Waals surface area contributed by atoms with E-state index in [4.69, 9.17) is 4.74 Å². The minimum atomic E-state index is -0.181. The van der Waals surface area contributed by atoms with Crippen LogP contribution in [0.15, 0.2) is 67.0 Å². The molecule has 6 nitrogen and oxygen atoms in total. The summed E-state index contributed by atoms with van der Waals surface area (Å²) in [6.45, 7) is 0.968. The van der Waals surface area contributed by atoms with Crippen molar-refractivity contribution >= 4 is 11.7 Å². The fourth-order valence-corrected chi connectivity index (χ4v) is 2.44. The van der Waals surface area contributed by atoms with Gasteiger partial charge in [-0.05, 0) is 30.3 Å². The molecule has 0 spiro atoms. The number of carbonyl (C=O) groups excluding carboxylic acids is 1. The molecule has 2 aromatic heterocycles. The molecule has 26 heavy (non-hydrogen) atoms. The molecule has 0 saturated carbocycles. The zero-order valence-corrected chi connectivity index (χ0v) is 14.5. The summed E-state index contributed by atoms with van der Waals surface area (Å²) >= 11 is 0. The second-order valence-corrected chi connectivity index (χ2v) is 5.60. The smallest absolute Gasteiger partial charge is 0.253 e. The molecule has 0 aliphatic heterocycles. The van der Waals surface area contributed by atoms with Crippen molar-refractivity contribution in [3.63, 3.8) is 0 Å². The average molecular weight is 348 g/mol. The van der Waals surface area contributed by atoms with Gasteiger partial charge < -0.3 is 15.4 Å². The fourth-order valence-electron chi connectivity index (χ4n) is 2.44. The maximum Gasteiger partial charge on any atom is 0.253 e. The zero-order valence-electron chi connectivity index (χ0n) is 14.5. The molecule has 1 aromatic carbocycles. The van der Waals surface area contributed by atoms with Crippen molar-refractivity contribution in [3.8, 4) is 5.75 Å². The van der Waals surface area contributed by atoms with Crippen molar-refractivity contribution in [2.45, 2.75) is 13.1 Å². The third kappa shape index (κ3) is 4.57. The number of carbonyl (C=O) groups is 1. The van der Waals surface area contributed by atoms with E-state index < -0.39 is 0 Å². The molecule has 0 atom stereocenters. The molecule has 2 heterocycles. The van der Waals surface area contributed by atoms with Gasteiger partial charge in [-0.1, -0.05) is 24.3 Å². The second-order valence-electron chi connectivity index (χ2n) is 5.60. The molecule has 6 heteroatoms. The van der Waals surface area contributed by atoms with E-state index in [9.17, 15) is 4.79 Å². The summed E-state index contributed by atoms with van der Waals surface area (Å²) in [6.07, 6.45) is 3.25. The van der Waals surface area contributed by atoms with Crippen molar-refractivity contribution in [3.05, 3.63) is 83.8 Å². The van der Waals surface area contributed by atoms with Crippen molar-refractivity contribution in [2.24, 2.45) is 0 Å². The first-order chi connectivity index (χ1) is 12.8. The number of ether oxygens (including phenoxy) is 1. The van der Waals surface area contributed by atoms with Gasteiger partial charge in [0.15, 0.2) is 0 Å². The topological polar surface area (TPSA) is 76.1 Å². The third-order valence-electron chi connectivity index (χ3n) is 3.83. The Labute approximate surface area is 152 Å². The summed E-state index contributed by atoms with van der Waals surface area (Å²) in [5.41, 5.74) is 2.35. The number of para-hydroxylation sites is 1. The van der Waals surface area contributed by atoms with Gasteiger partial charge in [-0.2, -0.15) is 0 Å². The van der Waals surface area contributed by atoms with Crippen LogP contribution in [0.4, 0.5) is 5.82 Å². The van der Waals surface area contributed by atoms with Crippen LogP contribution in [0.25, 0.3) is 0 Å². The van der Waals surface area contributed by atoms with Gasteiger partial charge in [-0.25, -0.2) is 4.98 Å². The summed E-state index contributed by atoms with van der Waals surface area (Å²) in [6, 6.07) is 16.9. The second kappa shape index (κ2) is 8.62. The van der Waals surface area contributed by atoms with Crippen LogP contribution in [0.2, 0.25) is 0 Å². The number of pyridine rings is 2. The van der Waals surface area contributed by atoms with Gasteiger partial charge in [0.25, 0.3) is 5.91 Å². The number of methoxy groups -OCH3 is 1. The number of hydrogen-bond donors (Lipinski definition) is 2. The minimum absolute atomic E-state index is 0.181. The first-order valence-electron chi connectivity index (χ1n) is 8.26. The van der Waals surface area contributed by atoms with E-state index >= 15 is 0 Å². The Hall–Kier alpha value is -3.41. The lowest BCUT2D eigenvalue weighted by Crippen LogP contribution is -2.23. The van der Waals surface area contributed by atoms with Crippen LogP contribution in [0.5, 0.6) is 5.75 Å². The lowest BCUT2D eigenvalue weighted by atomic mass is 10.2. The molecule has 0 aliphatic carbocycles. The van der Waals surface area contributed by atoms with Crippen LogP contribution in [-0.4, -0.2) is 23.0 Å². The molecule has 0 bridgehead atoms. The van der Waals surface area contributed by atoms with Crippen molar-refractivity contribution < 1.29 is 9.53 Å². The summed E-state index contributed by atoms with van der Waals surface area (Å²) < 4.78 is 5.33. The predicted molar refractivity (Wildman–Crippen MR) is 100.0 cm³/mol. The van der Waals surface area contributed by atoms with E-state index in [1.807, 2.05) is 42.5 Å². The van der Waals surface area contributed by atoms with Crippen LogP contribution in [-0.2, 0) is 13.1 Å². The van der Waals surface area contributed by atoms with Crippen LogP contribution in [0.3, 0.4) is 0 Å². The molecule has 0 fully saturated rings. The number of aromatic nitrogens is 2. The molecular weight excluding hydrogens is 328 g/mol. The number of rotatable bonds is 7. The highest BCUT2D eigenvalue weighted by Crippen LogP contribution is 2.18. The zero-order chi connectivity index (χ0) is 18.2. The Morgan fingerprint density at radius 3 is 2.58 bits per heavy atom. The normalized spacial score (nSPS) is 10.2. The number of anilines is 1. The quantitative estimate of drug-likeness (QED) is 0.686. The molecule has 0 unspecified atom stereocenters. The first-order valence-corrected chi connectivity index (χ1v) is 8.26. The SMILES string of the molecule is COc1ccccc1CNc1ccc(C(=O)NCc2ccccn2)cn1. The lowest BCUT2D eigenvalue weighted by molar-refractivity contribution is 0.0950. The van der Waals surface area contributed by atoms with Crippen LogP contribution in [0, 0.1) is 0 Å². The summed E-state index contributed by atoms with van der Waals surface area (Å²) in [5.74, 6) is 1.34. The maximum atomic E-state index is 12.2. The van der Waals surface area contributed by atoms with Crippen LogP contribution in [0.1, 0.15) is 21.6 Å². The number of nitrogens with one attached hydrogen (secondary N) is 2. The van der Waals surface area contributed by atoms with E-state index in [1.54, 1.807) is 31.6 Å². The Kier molecular flexibility index (Phi) is 5.77. The highest BCUT2D eigenvalue weighted by molar-refractivity contribution is 5.93. The van der Waals surface area contributed by atoms with Gasteiger partial charge in [0.05, 0.1) is 24.9 Å². The standard InChI is InChI=1S/C20H20N4O2/c1-26-18-8-3-2-6-15(18)12-22-19-10-9-16(13-23-19)20(25)24-14-17-7-4-5-11-21-17/h2-11,13H,12,14H2,1H3,(H,22,23)(H,24,25). The summed E-state index contributed by atoms with van der Waals surface area (Å²) in [4.78, 5) is 20.6. The Balaban J connectivity index is 1.55. The third-order valence-corrected chi connectivity index (χ3v) is 3.83. The highest BCUT2D eigenvalue weighted by atomic mass is 16.5. The first kappa shape index (κ1) is 17.4. The molecule has 2 N–H and O–H groups in total. The number of hydrogen-bond acceptors (Lipinski definition) is 5. The lowest BCUT2D eigenvalue weighted by Gasteiger charge is -2.10. The van der Waals surface area contributed by atoms with Crippen LogP contribution < -0.4 is 15.4 Å². The largest absolute Gasteiger partial charge is 0.496 e. The average Bonchev–Trinajstić information content (AvgIpc) is 2.72. The van der Waals surface area contributed by atoms with Crippen LogP contribution >= 0.6 is 0 Å². The van der Waals surface area contributed by atoms with E-state index in [0.29, 0.717) is 24.5 Å². The Morgan fingerprint density at radius 2 is 1.85 bits per heavy atom. The Morgan fingerprint density at radius 1 is 1.00 bits per heavy atom. The molecule has 132 valence electrons. The molecule has 3 rings (SSSR count). The van der Waals surface area contributed by atoms with Crippen molar-refractivity contribution in [1.82, 2.24) is 15.3 Å². The van der Waals surface area contributed by atoms with E-state index in [2.05, 4.69) is 20.6 Å². The minimum Gasteiger partial charge on any atom is -0.496 e. The molecular formula is C20H20N4O2. The summed E-state index contributed by atoms with van der Waals surface area (Å²) in [7, 11) is 1.65. The number of nitrogens with zero attached hydrogens (tertiary/aromatic N) is 2. The van der Waals surface area contributed by atoms with Crippen molar-refractivity contribution in [2.75, 3.05) is 12.4 Å². The van der Waals surface area contributed by atoms with E-state index in [1.165, 1.54) is 0 Å². The van der Waals surface area contributed by atoms with Gasteiger partial charge in [-0.15, -0.1) is 0 Å². The fraction of sp³-hybridized carbons (Fsp3) is 0.150. The Bertz CT molecular complexity index is 851. The molecule has 0 aliphatic rings. The van der Waals surface area contributed by atoms with E-state index in [-0.39, 0.29) is 5.91 Å². The van der Waals surface area contributed by atoms with Gasteiger partial charge in [0.1, 0.15) is 11.6 Å². The number of benzene rings is 1. The maximum absolute atomic E-state index is 12.2. The van der Waals surface area contributed by atoms with Gasteiger partial charge in [0, 0.05) is 24.5 Å². The van der Waals surface area contributed by atoms with Gasteiger partial charge >= 0.3 is 0 Å². The molecule has 1 amide bonds. The van der Waals surface area contributed by atoms with Crippen molar-refractivity contribution in [1.29, 1.82) is 0 Å². The predicted octanol–water partition coefficient (Wildman–Crippen LogP) is 3.03. The monoisotopic (exact) mass is 348 g/mol.